The molecule has 0 bridgehead atoms. The SMILES string of the molecule is Cc1nc2nc(C(F)(F)F)nn2c(C)c1CCC(=O)Nc1cccc(-c2cn3c(n2)CCCC3)c1. The lowest BCUT2D eigenvalue weighted by Crippen LogP contribution is -2.14. The molecule has 5 rings (SSSR count). The van der Waals surface area contributed by atoms with Crippen LogP contribution in [0.4, 0.5) is 18.9 Å². The van der Waals surface area contributed by atoms with Crippen molar-refractivity contribution in [3.63, 3.8) is 0 Å². The molecule has 182 valence electrons. The lowest BCUT2D eigenvalue weighted by molar-refractivity contribution is -0.144. The Morgan fingerprint density at radius 1 is 1.14 bits per heavy atom. The molecule has 3 aromatic heterocycles. The van der Waals surface area contributed by atoms with Crippen molar-refractivity contribution < 1.29 is 18.0 Å². The molecule has 0 radical (unpaired) electrons. The smallest absolute Gasteiger partial charge is 0.334 e. The van der Waals surface area contributed by atoms with Gasteiger partial charge < -0.3 is 9.88 Å². The molecule has 0 atom stereocenters. The van der Waals surface area contributed by atoms with Crippen molar-refractivity contribution >= 4 is 17.4 Å². The van der Waals surface area contributed by atoms with Crippen LogP contribution >= 0.6 is 0 Å². The van der Waals surface area contributed by atoms with Gasteiger partial charge in [0, 0.05) is 48.2 Å². The van der Waals surface area contributed by atoms with Gasteiger partial charge in [0.25, 0.3) is 11.6 Å². The summed E-state index contributed by atoms with van der Waals surface area (Å²) in [7, 11) is 0. The Hall–Kier alpha value is -3.76. The fourth-order valence-electron chi connectivity index (χ4n) is 4.46. The second-order valence-electron chi connectivity index (χ2n) is 8.73. The number of alkyl halides is 3. The van der Waals surface area contributed by atoms with E-state index in [0.717, 1.165) is 47.4 Å². The van der Waals surface area contributed by atoms with Gasteiger partial charge in [0.15, 0.2) is 0 Å². The number of hydrogen-bond donors (Lipinski definition) is 1. The Morgan fingerprint density at radius 3 is 2.74 bits per heavy atom. The molecular formula is C24H24F3N7O. The summed E-state index contributed by atoms with van der Waals surface area (Å²) in [6.07, 6.45) is 1.12. The van der Waals surface area contributed by atoms with Crippen molar-refractivity contribution in [1.82, 2.24) is 29.1 Å². The number of halogens is 3. The molecule has 1 N–H and O–H groups in total. The average Bonchev–Trinajstić information content (AvgIpc) is 3.43. The molecule has 4 heterocycles. The van der Waals surface area contributed by atoms with Crippen LogP contribution in [0.3, 0.4) is 0 Å². The Morgan fingerprint density at radius 2 is 1.97 bits per heavy atom. The van der Waals surface area contributed by atoms with E-state index in [2.05, 4.69) is 31.1 Å². The molecule has 1 aliphatic rings. The fraction of sp³-hybridized carbons (Fsp3) is 0.375. The Labute approximate surface area is 199 Å². The number of nitrogens with one attached hydrogen (secondary N) is 1. The van der Waals surface area contributed by atoms with Crippen LogP contribution in [-0.2, 0) is 30.4 Å². The number of aromatic nitrogens is 6. The minimum Gasteiger partial charge on any atom is -0.334 e. The number of carbonyl (C=O) groups excluding carboxylic acids is 1. The summed E-state index contributed by atoms with van der Waals surface area (Å²) in [6.45, 7) is 4.32. The summed E-state index contributed by atoms with van der Waals surface area (Å²) in [6, 6.07) is 7.54. The van der Waals surface area contributed by atoms with E-state index in [4.69, 9.17) is 4.98 Å². The first-order valence-electron chi connectivity index (χ1n) is 11.5. The lowest BCUT2D eigenvalue weighted by Gasteiger charge is -2.11. The number of hydrogen-bond acceptors (Lipinski definition) is 5. The van der Waals surface area contributed by atoms with Crippen LogP contribution in [0.2, 0.25) is 0 Å². The third kappa shape index (κ3) is 4.62. The second kappa shape index (κ2) is 8.79. The molecule has 0 aliphatic carbocycles. The monoisotopic (exact) mass is 483 g/mol. The summed E-state index contributed by atoms with van der Waals surface area (Å²) in [4.78, 5) is 25.1. The average molecular weight is 483 g/mol. The Balaban J connectivity index is 1.29. The molecule has 1 aliphatic heterocycles. The molecule has 0 saturated carbocycles. The molecule has 0 saturated heterocycles. The highest BCUT2D eigenvalue weighted by molar-refractivity contribution is 5.91. The van der Waals surface area contributed by atoms with Crippen molar-refractivity contribution in [2.24, 2.45) is 0 Å². The van der Waals surface area contributed by atoms with Gasteiger partial charge in [-0.15, -0.1) is 5.10 Å². The molecule has 0 unspecified atom stereocenters. The maximum Gasteiger partial charge on any atom is 0.453 e. The largest absolute Gasteiger partial charge is 0.453 e. The highest BCUT2D eigenvalue weighted by Crippen LogP contribution is 2.28. The Bertz CT molecular complexity index is 1400. The normalized spacial score (nSPS) is 13.7. The second-order valence-corrected chi connectivity index (χ2v) is 8.73. The van der Waals surface area contributed by atoms with Gasteiger partial charge in [-0.1, -0.05) is 12.1 Å². The van der Waals surface area contributed by atoms with Gasteiger partial charge in [0.1, 0.15) is 5.82 Å². The zero-order valence-corrected chi connectivity index (χ0v) is 19.4. The molecule has 0 fully saturated rings. The summed E-state index contributed by atoms with van der Waals surface area (Å²) in [5, 5.41) is 6.46. The van der Waals surface area contributed by atoms with Gasteiger partial charge >= 0.3 is 6.18 Å². The first-order chi connectivity index (χ1) is 16.7. The fourth-order valence-corrected chi connectivity index (χ4v) is 4.46. The lowest BCUT2D eigenvalue weighted by atomic mass is 10.1. The van der Waals surface area contributed by atoms with Crippen LogP contribution in [0.5, 0.6) is 0 Å². The van der Waals surface area contributed by atoms with Crippen LogP contribution in [0.25, 0.3) is 17.0 Å². The van der Waals surface area contributed by atoms with Gasteiger partial charge in [-0.05, 0) is 50.8 Å². The maximum atomic E-state index is 13.0. The minimum absolute atomic E-state index is 0.113. The molecule has 0 spiro atoms. The first-order valence-corrected chi connectivity index (χ1v) is 11.5. The first kappa shape index (κ1) is 23.0. The number of carbonyl (C=O) groups is 1. The Kier molecular flexibility index (Phi) is 5.78. The van der Waals surface area contributed by atoms with Crippen LogP contribution in [0, 0.1) is 13.8 Å². The van der Waals surface area contributed by atoms with Gasteiger partial charge in [-0.3, -0.25) is 4.79 Å². The van der Waals surface area contributed by atoms with E-state index in [1.54, 1.807) is 13.8 Å². The predicted molar refractivity (Wildman–Crippen MR) is 123 cm³/mol. The summed E-state index contributed by atoms with van der Waals surface area (Å²) in [5.74, 6) is -0.467. The van der Waals surface area contributed by atoms with Crippen molar-refractivity contribution in [2.45, 2.75) is 58.7 Å². The summed E-state index contributed by atoms with van der Waals surface area (Å²) < 4.78 is 42.2. The third-order valence-electron chi connectivity index (χ3n) is 6.26. The van der Waals surface area contributed by atoms with Crippen molar-refractivity contribution in [3.8, 4) is 11.3 Å². The topological polar surface area (TPSA) is 90.0 Å². The molecule has 1 aromatic carbocycles. The number of anilines is 1. The highest BCUT2D eigenvalue weighted by Gasteiger charge is 2.37. The molecule has 8 nitrogen and oxygen atoms in total. The van der Waals surface area contributed by atoms with E-state index >= 15 is 0 Å². The number of rotatable bonds is 5. The zero-order valence-electron chi connectivity index (χ0n) is 19.4. The van der Waals surface area contributed by atoms with Crippen molar-refractivity contribution in [2.75, 3.05) is 5.32 Å². The summed E-state index contributed by atoms with van der Waals surface area (Å²) >= 11 is 0. The third-order valence-corrected chi connectivity index (χ3v) is 6.26. The molecular weight excluding hydrogens is 459 g/mol. The summed E-state index contributed by atoms with van der Waals surface area (Å²) in [5.41, 5.74) is 4.14. The van der Waals surface area contributed by atoms with E-state index in [-0.39, 0.29) is 18.1 Å². The standard InChI is InChI=1S/C24H24F3N7O/c1-14-18(15(2)34-23(28-14)31-22(32-34)24(25,26)27)9-10-21(35)29-17-7-5-6-16(12-17)19-13-33-11-4-3-8-20(33)30-19/h5-7,12-13H,3-4,8-11H2,1-2H3,(H,29,35). The van der Waals surface area contributed by atoms with E-state index < -0.39 is 12.0 Å². The molecule has 35 heavy (non-hydrogen) atoms. The van der Waals surface area contributed by atoms with Crippen LogP contribution < -0.4 is 5.32 Å². The maximum absolute atomic E-state index is 13.0. The minimum atomic E-state index is -4.65. The number of amides is 1. The number of imidazole rings is 1. The van der Waals surface area contributed by atoms with E-state index in [0.29, 0.717) is 29.1 Å². The number of aryl methyl sites for hydroxylation is 4. The van der Waals surface area contributed by atoms with Gasteiger partial charge in [0.2, 0.25) is 5.91 Å². The zero-order chi connectivity index (χ0) is 24.7. The quantitative estimate of drug-likeness (QED) is 0.451. The van der Waals surface area contributed by atoms with Crippen LogP contribution in [0.1, 0.15) is 47.9 Å². The van der Waals surface area contributed by atoms with E-state index in [1.807, 2.05) is 24.3 Å². The van der Waals surface area contributed by atoms with Crippen LogP contribution in [-0.4, -0.2) is 35.0 Å². The van der Waals surface area contributed by atoms with Crippen molar-refractivity contribution in [3.05, 3.63) is 59.1 Å². The van der Waals surface area contributed by atoms with Gasteiger partial charge in [-0.25, -0.2) is 14.5 Å². The van der Waals surface area contributed by atoms with Gasteiger partial charge in [-0.2, -0.15) is 18.2 Å². The molecule has 1 amide bonds. The van der Waals surface area contributed by atoms with Crippen LogP contribution in [0.15, 0.2) is 30.5 Å². The van der Waals surface area contributed by atoms with E-state index in [1.165, 1.54) is 0 Å². The van der Waals surface area contributed by atoms with Gasteiger partial charge in [0.05, 0.1) is 5.69 Å². The molecule has 4 aromatic rings. The highest BCUT2D eigenvalue weighted by atomic mass is 19.4. The molecule has 11 heteroatoms. The predicted octanol–water partition coefficient (Wildman–Crippen LogP) is 4.53. The van der Waals surface area contributed by atoms with Crippen molar-refractivity contribution in [1.29, 1.82) is 0 Å². The van der Waals surface area contributed by atoms with E-state index in [9.17, 15) is 18.0 Å². The number of benzene rings is 1. The number of fused-ring (bicyclic) bond motifs is 2. The number of nitrogens with zero attached hydrogens (tertiary/aromatic N) is 6.